The molecule has 3 N–H and O–H groups in total. The second-order valence-corrected chi connectivity index (χ2v) is 7.94. The molecule has 3 aliphatic rings. The molecule has 1 unspecified atom stereocenters. The van der Waals surface area contributed by atoms with Crippen molar-refractivity contribution in [1.29, 1.82) is 0 Å². The molecule has 1 aromatic carbocycles. The quantitative estimate of drug-likeness (QED) is 0.747. The van der Waals surface area contributed by atoms with Gasteiger partial charge in [0.25, 0.3) is 0 Å². The fourth-order valence-electron chi connectivity index (χ4n) is 5.86. The van der Waals surface area contributed by atoms with Gasteiger partial charge in [0.1, 0.15) is 5.75 Å². The standard InChI is InChI=1S/C19H26O3/c1-19-7-6-14-13-3-2-12(21)9-15(13)11(10-20)8-16(14)17(19)4-5-18(19)22/h2-3,9,11,14,16-18,20-22H,4-8,10H2,1H3/t11-,14+,16+,17?,18-,19-/m0/s1. The molecule has 0 amide bonds. The van der Waals surface area contributed by atoms with Crippen molar-refractivity contribution in [3.8, 4) is 5.75 Å². The summed E-state index contributed by atoms with van der Waals surface area (Å²) in [6, 6.07) is 5.70. The van der Waals surface area contributed by atoms with Crippen LogP contribution in [-0.4, -0.2) is 28.0 Å². The van der Waals surface area contributed by atoms with E-state index >= 15 is 0 Å². The van der Waals surface area contributed by atoms with Gasteiger partial charge < -0.3 is 15.3 Å². The first-order chi connectivity index (χ1) is 10.5. The number of aliphatic hydroxyl groups is 2. The van der Waals surface area contributed by atoms with Crippen LogP contribution in [0.2, 0.25) is 0 Å². The molecule has 0 bridgehead atoms. The number of phenols is 1. The van der Waals surface area contributed by atoms with Crippen molar-refractivity contribution in [2.45, 2.75) is 57.0 Å². The Kier molecular flexibility index (Phi) is 3.28. The van der Waals surface area contributed by atoms with Crippen LogP contribution in [0.3, 0.4) is 0 Å². The van der Waals surface area contributed by atoms with Crippen LogP contribution < -0.4 is 0 Å². The normalized spacial score (nSPS) is 43.3. The summed E-state index contributed by atoms with van der Waals surface area (Å²) >= 11 is 0. The maximum Gasteiger partial charge on any atom is 0.115 e. The van der Waals surface area contributed by atoms with Gasteiger partial charge in [-0.25, -0.2) is 0 Å². The molecular weight excluding hydrogens is 276 g/mol. The van der Waals surface area contributed by atoms with E-state index in [2.05, 4.69) is 13.0 Å². The predicted octanol–water partition coefficient (Wildman–Crippen LogP) is 3.14. The van der Waals surface area contributed by atoms with Crippen LogP contribution >= 0.6 is 0 Å². The molecule has 120 valence electrons. The smallest absolute Gasteiger partial charge is 0.115 e. The minimum Gasteiger partial charge on any atom is -0.508 e. The van der Waals surface area contributed by atoms with Gasteiger partial charge in [0.2, 0.25) is 0 Å². The van der Waals surface area contributed by atoms with E-state index in [4.69, 9.17) is 0 Å². The number of benzene rings is 1. The summed E-state index contributed by atoms with van der Waals surface area (Å²) in [5, 5.41) is 30.1. The monoisotopic (exact) mass is 302 g/mol. The third-order valence-electron chi connectivity index (χ3n) is 7.07. The largest absolute Gasteiger partial charge is 0.508 e. The fraction of sp³-hybridized carbons (Fsp3) is 0.684. The summed E-state index contributed by atoms with van der Waals surface area (Å²) in [6.07, 6.45) is 5.08. The highest BCUT2D eigenvalue weighted by Gasteiger charge is 2.55. The van der Waals surface area contributed by atoms with Crippen molar-refractivity contribution < 1.29 is 15.3 Å². The Morgan fingerprint density at radius 1 is 1.18 bits per heavy atom. The van der Waals surface area contributed by atoms with E-state index < -0.39 is 0 Å². The zero-order chi connectivity index (χ0) is 15.5. The number of aromatic hydroxyl groups is 1. The number of aliphatic hydroxyl groups excluding tert-OH is 2. The average molecular weight is 302 g/mol. The van der Waals surface area contributed by atoms with E-state index in [0.717, 1.165) is 37.7 Å². The van der Waals surface area contributed by atoms with Crippen LogP contribution in [0.4, 0.5) is 0 Å². The predicted molar refractivity (Wildman–Crippen MR) is 84.9 cm³/mol. The molecule has 22 heavy (non-hydrogen) atoms. The lowest BCUT2D eigenvalue weighted by Crippen LogP contribution is -2.44. The van der Waals surface area contributed by atoms with Gasteiger partial charge in [0, 0.05) is 12.5 Å². The van der Waals surface area contributed by atoms with Crippen molar-refractivity contribution in [2.75, 3.05) is 6.61 Å². The van der Waals surface area contributed by atoms with Crippen LogP contribution in [0.5, 0.6) is 5.75 Å². The molecule has 0 aromatic heterocycles. The second-order valence-electron chi connectivity index (χ2n) is 7.94. The zero-order valence-electron chi connectivity index (χ0n) is 13.2. The summed E-state index contributed by atoms with van der Waals surface area (Å²) in [7, 11) is 0. The summed E-state index contributed by atoms with van der Waals surface area (Å²) in [4.78, 5) is 0. The lowest BCUT2D eigenvalue weighted by atomic mass is 9.54. The Balaban J connectivity index is 1.76. The second kappa shape index (κ2) is 4.97. The van der Waals surface area contributed by atoms with Crippen molar-refractivity contribution >= 4 is 0 Å². The Hall–Kier alpha value is -1.06. The van der Waals surface area contributed by atoms with Gasteiger partial charge in [-0.3, -0.25) is 0 Å². The Bertz CT molecular complexity index is 584. The number of hydrogen-bond acceptors (Lipinski definition) is 3. The molecule has 1 aromatic rings. The number of fused-ring (bicyclic) bond motifs is 5. The Labute approximate surface area is 132 Å². The highest BCUT2D eigenvalue weighted by Crippen LogP contribution is 2.62. The molecule has 3 heteroatoms. The van der Waals surface area contributed by atoms with Crippen LogP contribution in [0.15, 0.2) is 18.2 Å². The van der Waals surface area contributed by atoms with Gasteiger partial charge in [-0.05, 0) is 78.5 Å². The topological polar surface area (TPSA) is 60.7 Å². The number of phenolic OH excluding ortho intramolecular Hbond substituents is 1. The molecule has 2 saturated carbocycles. The van der Waals surface area contributed by atoms with Crippen molar-refractivity contribution in [1.82, 2.24) is 0 Å². The highest BCUT2D eigenvalue weighted by molar-refractivity contribution is 5.42. The van der Waals surface area contributed by atoms with E-state index in [1.54, 1.807) is 6.07 Å². The van der Waals surface area contributed by atoms with Crippen LogP contribution in [-0.2, 0) is 0 Å². The van der Waals surface area contributed by atoms with Gasteiger partial charge >= 0.3 is 0 Å². The first kappa shape index (κ1) is 14.5. The maximum atomic E-state index is 10.4. The zero-order valence-corrected chi connectivity index (χ0v) is 13.2. The van der Waals surface area contributed by atoms with E-state index in [-0.39, 0.29) is 24.0 Å². The van der Waals surface area contributed by atoms with Crippen molar-refractivity contribution in [3.63, 3.8) is 0 Å². The first-order valence-corrected chi connectivity index (χ1v) is 8.66. The highest BCUT2D eigenvalue weighted by atomic mass is 16.3. The molecule has 4 rings (SSSR count). The maximum absolute atomic E-state index is 10.4. The summed E-state index contributed by atoms with van der Waals surface area (Å²) in [5.41, 5.74) is 2.54. The number of hydrogen-bond donors (Lipinski definition) is 3. The molecule has 0 radical (unpaired) electrons. The lowest BCUT2D eigenvalue weighted by molar-refractivity contribution is -0.0265. The summed E-state index contributed by atoms with van der Waals surface area (Å²) in [6.45, 7) is 2.41. The van der Waals surface area contributed by atoms with Gasteiger partial charge in [0.05, 0.1) is 6.10 Å². The van der Waals surface area contributed by atoms with E-state index in [0.29, 0.717) is 23.5 Å². The summed E-state index contributed by atoms with van der Waals surface area (Å²) in [5.74, 6) is 2.08. The van der Waals surface area contributed by atoms with Crippen molar-refractivity contribution in [2.24, 2.45) is 17.3 Å². The van der Waals surface area contributed by atoms with Gasteiger partial charge in [-0.1, -0.05) is 13.0 Å². The molecule has 0 spiro atoms. The number of rotatable bonds is 1. The van der Waals surface area contributed by atoms with Crippen molar-refractivity contribution in [3.05, 3.63) is 29.3 Å². The first-order valence-electron chi connectivity index (χ1n) is 8.66. The van der Waals surface area contributed by atoms with Gasteiger partial charge in [0.15, 0.2) is 0 Å². The molecule has 6 atom stereocenters. The SMILES string of the molecule is C[C@]12CC[C@@H]3c4ccc(O)cc4[C@H](CO)C[C@H]3C1CC[C@@H]2O. The third-order valence-corrected chi connectivity index (χ3v) is 7.07. The fourth-order valence-corrected chi connectivity index (χ4v) is 5.86. The van der Waals surface area contributed by atoms with Gasteiger partial charge in [-0.15, -0.1) is 0 Å². The summed E-state index contributed by atoms with van der Waals surface area (Å²) < 4.78 is 0. The average Bonchev–Trinajstić information content (AvgIpc) is 2.82. The minimum atomic E-state index is -0.160. The van der Waals surface area contributed by atoms with E-state index in [1.807, 2.05) is 6.07 Å². The van der Waals surface area contributed by atoms with Crippen LogP contribution in [0.25, 0.3) is 0 Å². The van der Waals surface area contributed by atoms with Crippen LogP contribution in [0.1, 0.15) is 62.0 Å². The van der Waals surface area contributed by atoms with E-state index in [1.165, 1.54) is 5.56 Å². The van der Waals surface area contributed by atoms with Gasteiger partial charge in [-0.2, -0.15) is 0 Å². The molecule has 3 aliphatic carbocycles. The molecule has 3 nitrogen and oxygen atoms in total. The third kappa shape index (κ3) is 1.88. The molecule has 0 aliphatic heterocycles. The molecule has 0 heterocycles. The van der Waals surface area contributed by atoms with E-state index in [9.17, 15) is 15.3 Å². The Morgan fingerprint density at radius 2 is 2.00 bits per heavy atom. The molecular formula is C19H26O3. The lowest BCUT2D eigenvalue weighted by Gasteiger charge is -2.51. The molecule has 2 fully saturated rings. The Morgan fingerprint density at radius 3 is 2.77 bits per heavy atom. The molecule has 0 saturated heterocycles. The van der Waals surface area contributed by atoms with Crippen LogP contribution in [0, 0.1) is 17.3 Å². The minimum absolute atomic E-state index is 0.0651.